The van der Waals surface area contributed by atoms with Crippen molar-refractivity contribution in [2.24, 2.45) is 5.10 Å². The zero-order chi connectivity index (χ0) is 9.80. The average molecular weight is 189 g/mol. The van der Waals surface area contributed by atoms with Crippen LogP contribution in [0.2, 0.25) is 0 Å². The molecule has 1 aliphatic rings. The average Bonchev–Trinajstić information content (AvgIpc) is 2.30. The minimum absolute atomic E-state index is 0.971. The monoisotopic (exact) mass is 189 g/mol. The number of anilines is 1. The van der Waals surface area contributed by atoms with Crippen LogP contribution in [0, 0.1) is 0 Å². The number of hydrogen-bond donors (Lipinski definition) is 0. The van der Waals surface area contributed by atoms with Gasteiger partial charge < -0.3 is 4.90 Å². The van der Waals surface area contributed by atoms with E-state index >= 15 is 0 Å². The molecule has 1 aromatic carbocycles. The lowest BCUT2D eigenvalue weighted by Gasteiger charge is -2.34. The van der Waals surface area contributed by atoms with E-state index in [2.05, 4.69) is 41.0 Å². The maximum atomic E-state index is 3.93. The summed E-state index contributed by atoms with van der Waals surface area (Å²) in [6, 6.07) is 10.5. The molecule has 74 valence electrons. The highest BCUT2D eigenvalue weighted by Gasteiger charge is 2.14. The maximum Gasteiger partial charge on any atom is 0.0536 e. The lowest BCUT2D eigenvalue weighted by molar-refractivity contribution is 0.273. The number of nitrogens with zero attached hydrogens (tertiary/aromatic N) is 3. The Labute approximate surface area is 84.6 Å². The highest BCUT2D eigenvalue weighted by molar-refractivity contribution is 5.46. The molecule has 3 heteroatoms. The third-order valence-corrected chi connectivity index (χ3v) is 2.58. The van der Waals surface area contributed by atoms with Gasteiger partial charge in [0.25, 0.3) is 0 Å². The van der Waals surface area contributed by atoms with Crippen molar-refractivity contribution in [3.05, 3.63) is 30.3 Å². The van der Waals surface area contributed by atoms with E-state index in [0.29, 0.717) is 0 Å². The van der Waals surface area contributed by atoms with E-state index in [4.69, 9.17) is 0 Å². The predicted molar refractivity (Wildman–Crippen MR) is 59.8 cm³/mol. The van der Waals surface area contributed by atoms with Crippen molar-refractivity contribution in [1.82, 2.24) is 5.01 Å². The number of hydrazone groups is 1. The van der Waals surface area contributed by atoms with Gasteiger partial charge in [0.2, 0.25) is 0 Å². The van der Waals surface area contributed by atoms with E-state index in [1.807, 2.05) is 11.1 Å². The Morgan fingerprint density at radius 1 is 1.00 bits per heavy atom. The maximum absolute atomic E-state index is 3.93. The van der Waals surface area contributed by atoms with Gasteiger partial charge in [-0.15, -0.1) is 0 Å². The highest BCUT2D eigenvalue weighted by atomic mass is 15.5. The molecule has 14 heavy (non-hydrogen) atoms. The first-order chi connectivity index (χ1) is 6.90. The first-order valence-electron chi connectivity index (χ1n) is 4.92. The normalized spacial score (nSPS) is 16.9. The van der Waals surface area contributed by atoms with Crippen LogP contribution >= 0.6 is 0 Å². The molecule has 0 aliphatic carbocycles. The number of hydrogen-bond acceptors (Lipinski definition) is 3. The molecule has 0 amide bonds. The molecule has 1 aliphatic heterocycles. The number of benzene rings is 1. The number of para-hydroxylation sites is 1. The highest BCUT2D eigenvalue weighted by Crippen LogP contribution is 2.15. The molecule has 1 saturated heterocycles. The van der Waals surface area contributed by atoms with Crippen LogP contribution < -0.4 is 4.90 Å². The second kappa shape index (κ2) is 4.13. The van der Waals surface area contributed by atoms with Crippen LogP contribution in [0.5, 0.6) is 0 Å². The van der Waals surface area contributed by atoms with Crippen LogP contribution in [0.4, 0.5) is 5.69 Å². The SMILES string of the molecule is C=NN1CCN(c2ccccc2)CC1. The first kappa shape index (κ1) is 9.06. The summed E-state index contributed by atoms with van der Waals surface area (Å²) < 4.78 is 0. The van der Waals surface area contributed by atoms with Gasteiger partial charge in [-0.05, 0) is 12.1 Å². The fourth-order valence-corrected chi connectivity index (χ4v) is 1.73. The lowest BCUT2D eigenvalue weighted by atomic mass is 10.2. The van der Waals surface area contributed by atoms with Crippen molar-refractivity contribution in [2.75, 3.05) is 31.1 Å². The van der Waals surface area contributed by atoms with Crippen molar-refractivity contribution < 1.29 is 0 Å². The molecular formula is C11H15N3. The molecular weight excluding hydrogens is 174 g/mol. The van der Waals surface area contributed by atoms with Crippen LogP contribution in [0.15, 0.2) is 35.4 Å². The quantitative estimate of drug-likeness (QED) is 0.655. The van der Waals surface area contributed by atoms with Crippen molar-refractivity contribution >= 4 is 12.4 Å². The molecule has 3 nitrogen and oxygen atoms in total. The van der Waals surface area contributed by atoms with E-state index in [1.54, 1.807) is 0 Å². The zero-order valence-electron chi connectivity index (χ0n) is 8.26. The Balaban J connectivity index is 1.99. The summed E-state index contributed by atoms with van der Waals surface area (Å²) in [5, 5.41) is 5.95. The molecule has 0 aromatic heterocycles. The van der Waals surface area contributed by atoms with E-state index in [1.165, 1.54) is 5.69 Å². The van der Waals surface area contributed by atoms with Gasteiger partial charge in [-0.3, -0.25) is 5.01 Å². The van der Waals surface area contributed by atoms with Gasteiger partial charge in [-0.1, -0.05) is 18.2 Å². The molecule has 1 fully saturated rings. The number of piperazine rings is 1. The Morgan fingerprint density at radius 3 is 2.21 bits per heavy atom. The van der Waals surface area contributed by atoms with Crippen LogP contribution in [-0.2, 0) is 0 Å². The summed E-state index contributed by atoms with van der Waals surface area (Å²) in [6.07, 6.45) is 0. The minimum Gasteiger partial charge on any atom is -0.368 e. The van der Waals surface area contributed by atoms with E-state index in [9.17, 15) is 0 Å². The second-order valence-corrected chi connectivity index (χ2v) is 3.42. The van der Waals surface area contributed by atoms with Gasteiger partial charge in [0.1, 0.15) is 0 Å². The minimum atomic E-state index is 0.971. The molecule has 0 bridgehead atoms. The topological polar surface area (TPSA) is 18.8 Å². The molecule has 2 rings (SSSR count). The van der Waals surface area contributed by atoms with Gasteiger partial charge in [-0.25, -0.2) is 0 Å². The Bertz CT molecular complexity index is 289. The third-order valence-electron chi connectivity index (χ3n) is 2.58. The van der Waals surface area contributed by atoms with Gasteiger partial charge in [-0.2, -0.15) is 5.10 Å². The van der Waals surface area contributed by atoms with Crippen LogP contribution in [-0.4, -0.2) is 37.9 Å². The van der Waals surface area contributed by atoms with Crippen molar-refractivity contribution in [2.45, 2.75) is 0 Å². The summed E-state index contributed by atoms with van der Waals surface area (Å²) in [5.41, 5.74) is 1.30. The van der Waals surface area contributed by atoms with Crippen molar-refractivity contribution in [1.29, 1.82) is 0 Å². The van der Waals surface area contributed by atoms with Gasteiger partial charge in [0.15, 0.2) is 0 Å². The van der Waals surface area contributed by atoms with E-state index in [-0.39, 0.29) is 0 Å². The molecule has 0 radical (unpaired) electrons. The number of rotatable bonds is 2. The van der Waals surface area contributed by atoms with Crippen molar-refractivity contribution in [3.8, 4) is 0 Å². The molecule has 0 unspecified atom stereocenters. The zero-order valence-corrected chi connectivity index (χ0v) is 8.26. The van der Waals surface area contributed by atoms with Crippen molar-refractivity contribution in [3.63, 3.8) is 0 Å². The molecule has 0 N–H and O–H groups in total. The Kier molecular flexibility index (Phi) is 2.68. The summed E-state index contributed by atoms with van der Waals surface area (Å²) in [4.78, 5) is 2.38. The van der Waals surface area contributed by atoms with Crippen LogP contribution in [0.25, 0.3) is 0 Å². The van der Waals surface area contributed by atoms with Crippen LogP contribution in [0.1, 0.15) is 0 Å². The fourth-order valence-electron chi connectivity index (χ4n) is 1.73. The van der Waals surface area contributed by atoms with Gasteiger partial charge in [0.05, 0.1) is 13.1 Å². The molecule has 0 spiro atoms. The van der Waals surface area contributed by atoms with Gasteiger partial charge >= 0.3 is 0 Å². The molecule has 0 atom stereocenters. The lowest BCUT2D eigenvalue weighted by Crippen LogP contribution is -2.43. The Hall–Kier alpha value is -1.51. The molecule has 1 aromatic rings. The van der Waals surface area contributed by atoms with Crippen LogP contribution in [0.3, 0.4) is 0 Å². The smallest absolute Gasteiger partial charge is 0.0536 e. The fraction of sp³-hybridized carbons (Fsp3) is 0.364. The first-order valence-corrected chi connectivity index (χ1v) is 4.92. The Morgan fingerprint density at radius 2 is 1.64 bits per heavy atom. The standard InChI is InChI=1S/C11H15N3/c1-12-14-9-7-13(8-10-14)11-5-3-2-4-6-11/h2-6H,1,7-10H2. The predicted octanol–water partition coefficient (Wildman–Crippen LogP) is 1.42. The summed E-state index contributed by atoms with van der Waals surface area (Å²) in [5.74, 6) is 0. The van der Waals surface area contributed by atoms with E-state index in [0.717, 1.165) is 26.2 Å². The largest absolute Gasteiger partial charge is 0.368 e. The molecule has 0 saturated carbocycles. The third kappa shape index (κ3) is 1.87. The summed E-state index contributed by atoms with van der Waals surface area (Å²) in [7, 11) is 0. The van der Waals surface area contributed by atoms with E-state index < -0.39 is 0 Å². The molecule has 1 heterocycles. The summed E-state index contributed by atoms with van der Waals surface area (Å²) in [6.45, 7) is 7.54. The summed E-state index contributed by atoms with van der Waals surface area (Å²) >= 11 is 0. The second-order valence-electron chi connectivity index (χ2n) is 3.42. The van der Waals surface area contributed by atoms with Gasteiger partial charge in [0, 0.05) is 25.5 Å².